The summed E-state index contributed by atoms with van der Waals surface area (Å²) in [5.41, 5.74) is 7.28. The molecule has 0 spiro atoms. The largest absolute Gasteiger partial charge is 0.330 e. The SMILES string of the molecule is NCC1CCN(CC2Cc3ccccc3S2)C1. The van der Waals surface area contributed by atoms with E-state index in [1.54, 1.807) is 0 Å². The predicted octanol–water partition coefficient (Wildman–Crippen LogP) is 1.98. The normalized spacial score (nSPS) is 28.5. The van der Waals surface area contributed by atoms with Crippen LogP contribution in [-0.2, 0) is 6.42 Å². The zero-order valence-electron chi connectivity index (χ0n) is 10.1. The minimum Gasteiger partial charge on any atom is -0.330 e. The number of thioether (sulfide) groups is 1. The van der Waals surface area contributed by atoms with E-state index in [-0.39, 0.29) is 0 Å². The lowest BCUT2D eigenvalue weighted by molar-refractivity contribution is 0.326. The first-order valence-corrected chi connectivity index (χ1v) is 7.40. The Labute approximate surface area is 108 Å². The van der Waals surface area contributed by atoms with E-state index in [9.17, 15) is 0 Å². The van der Waals surface area contributed by atoms with Gasteiger partial charge in [-0.3, -0.25) is 0 Å². The zero-order valence-corrected chi connectivity index (χ0v) is 11.0. The van der Waals surface area contributed by atoms with E-state index in [4.69, 9.17) is 5.73 Å². The predicted molar refractivity (Wildman–Crippen MR) is 73.4 cm³/mol. The quantitative estimate of drug-likeness (QED) is 0.887. The molecule has 2 nitrogen and oxygen atoms in total. The molecule has 2 aliphatic rings. The second-order valence-corrected chi connectivity index (χ2v) is 6.54. The maximum absolute atomic E-state index is 5.74. The van der Waals surface area contributed by atoms with E-state index >= 15 is 0 Å². The highest BCUT2D eigenvalue weighted by molar-refractivity contribution is 8.00. The first-order chi connectivity index (χ1) is 8.35. The smallest absolute Gasteiger partial charge is 0.0263 e. The third-order valence-corrected chi connectivity index (χ3v) is 5.18. The van der Waals surface area contributed by atoms with Crippen molar-refractivity contribution in [2.24, 2.45) is 11.7 Å². The minimum atomic E-state index is 0.740. The molecule has 2 unspecified atom stereocenters. The second kappa shape index (κ2) is 5.01. The number of nitrogens with two attached hydrogens (primary N) is 1. The van der Waals surface area contributed by atoms with Crippen molar-refractivity contribution in [3.8, 4) is 0 Å². The van der Waals surface area contributed by atoms with Crippen LogP contribution in [0.25, 0.3) is 0 Å². The van der Waals surface area contributed by atoms with Crippen LogP contribution in [0.15, 0.2) is 29.2 Å². The van der Waals surface area contributed by atoms with Crippen LogP contribution in [-0.4, -0.2) is 36.3 Å². The van der Waals surface area contributed by atoms with E-state index in [2.05, 4.69) is 40.9 Å². The van der Waals surface area contributed by atoms with Crippen molar-refractivity contribution >= 4 is 11.8 Å². The van der Waals surface area contributed by atoms with Crippen molar-refractivity contribution in [3.63, 3.8) is 0 Å². The molecule has 1 aromatic rings. The van der Waals surface area contributed by atoms with Gasteiger partial charge in [0.15, 0.2) is 0 Å². The summed E-state index contributed by atoms with van der Waals surface area (Å²) in [7, 11) is 0. The molecule has 0 saturated carbocycles. The van der Waals surface area contributed by atoms with Crippen molar-refractivity contribution in [1.29, 1.82) is 0 Å². The average molecular weight is 248 g/mol. The summed E-state index contributed by atoms with van der Waals surface area (Å²) < 4.78 is 0. The molecule has 17 heavy (non-hydrogen) atoms. The minimum absolute atomic E-state index is 0.740. The fraction of sp³-hybridized carbons (Fsp3) is 0.571. The lowest BCUT2D eigenvalue weighted by atomic mass is 10.1. The number of fused-ring (bicyclic) bond motifs is 1. The van der Waals surface area contributed by atoms with Gasteiger partial charge in [0.25, 0.3) is 0 Å². The van der Waals surface area contributed by atoms with Crippen molar-refractivity contribution in [3.05, 3.63) is 29.8 Å². The number of rotatable bonds is 3. The molecule has 0 aliphatic carbocycles. The van der Waals surface area contributed by atoms with Crippen LogP contribution in [0.1, 0.15) is 12.0 Å². The van der Waals surface area contributed by atoms with Gasteiger partial charge in [0, 0.05) is 23.2 Å². The van der Waals surface area contributed by atoms with E-state index in [0.717, 1.165) is 17.7 Å². The summed E-state index contributed by atoms with van der Waals surface area (Å²) in [6.07, 6.45) is 2.53. The third-order valence-electron chi connectivity index (χ3n) is 3.88. The Kier molecular flexibility index (Phi) is 3.41. The van der Waals surface area contributed by atoms with Gasteiger partial charge in [-0.2, -0.15) is 0 Å². The van der Waals surface area contributed by atoms with Crippen LogP contribution in [0.3, 0.4) is 0 Å². The van der Waals surface area contributed by atoms with Gasteiger partial charge in [-0.15, -0.1) is 11.8 Å². The maximum atomic E-state index is 5.74. The highest BCUT2D eigenvalue weighted by Gasteiger charge is 2.27. The lowest BCUT2D eigenvalue weighted by Gasteiger charge is -2.19. The summed E-state index contributed by atoms with van der Waals surface area (Å²) >= 11 is 2.06. The summed E-state index contributed by atoms with van der Waals surface area (Å²) in [5, 5.41) is 0.754. The summed E-state index contributed by atoms with van der Waals surface area (Å²) in [5.74, 6) is 0.740. The highest BCUT2D eigenvalue weighted by Crippen LogP contribution is 2.37. The lowest BCUT2D eigenvalue weighted by Crippen LogP contribution is -2.29. The zero-order chi connectivity index (χ0) is 11.7. The van der Waals surface area contributed by atoms with Crippen molar-refractivity contribution in [2.75, 3.05) is 26.2 Å². The van der Waals surface area contributed by atoms with Gasteiger partial charge in [-0.25, -0.2) is 0 Å². The monoisotopic (exact) mass is 248 g/mol. The van der Waals surface area contributed by atoms with Crippen LogP contribution in [0.4, 0.5) is 0 Å². The fourth-order valence-corrected chi connectivity index (χ4v) is 4.28. The van der Waals surface area contributed by atoms with E-state index in [1.165, 1.54) is 42.9 Å². The van der Waals surface area contributed by atoms with Gasteiger partial charge in [-0.05, 0) is 43.5 Å². The van der Waals surface area contributed by atoms with Crippen molar-refractivity contribution in [1.82, 2.24) is 4.90 Å². The average Bonchev–Trinajstić information content (AvgIpc) is 2.94. The van der Waals surface area contributed by atoms with Crippen LogP contribution in [0.2, 0.25) is 0 Å². The molecule has 2 heterocycles. The summed E-state index contributed by atoms with van der Waals surface area (Å²) in [4.78, 5) is 4.09. The molecular formula is C14H20N2S. The Morgan fingerprint density at radius 2 is 2.24 bits per heavy atom. The molecule has 0 radical (unpaired) electrons. The molecular weight excluding hydrogens is 228 g/mol. The molecule has 3 heteroatoms. The number of benzene rings is 1. The Bertz CT molecular complexity index is 369. The van der Waals surface area contributed by atoms with Gasteiger partial charge < -0.3 is 10.6 Å². The number of hydrogen-bond donors (Lipinski definition) is 1. The van der Waals surface area contributed by atoms with Gasteiger partial charge >= 0.3 is 0 Å². The highest BCUT2D eigenvalue weighted by atomic mass is 32.2. The topological polar surface area (TPSA) is 29.3 Å². The number of nitrogens with zero attached hydrogens (tertiary/aromatic N) is 1. The van der Waals surface area contributed by atoms with Gasteiger partial charge in [-0.1, -0.05) is 18.2 Å². The van der Waals surface area contributed by atoms with Crippen LogP contribution < -0.4 is 5.73 Å². The molecule has 2 N–H and O–H groups in total. The maximum Gasteiger partial charge on any atom is 0.0263 e. The molecule has 0 bridgehead atoms. The number of likely N-dealkylation sites (tertiary alicyclic amines) is 1. The van der Waals surface area contributed by atoms with Crippen LogP contribution in [0.5, 0.6) is 0 Å². The Hall–Kier alpha value is -0.510. The van der Waals surface area contributed by atoms with E-state index in [1.807, 2.05) is 0 Å². The van der Waals surface area contributed by atoms with Crippen molar-refractivity contribution in [2.45, 2.75) is 23.0 Å². The third kappa shape index (κ3) is 2.51. The first kappa shape index (κ1) is 11.6. The molecule has 1 fully saturated rings. The first-order valence-electron chi connectivity index (χ1n) is 6.52. The molecule has 1 saturated heterocycles. The molecule has 2 atom stereocenters. The van der Waals surface area contributed by atoms with E-state index in [0.29, 0.717) is 0 Å². The Morgan fingerprint density at radius 1 is 1.35 bits per heavy atom. The molecule has 2 aliphatic heterocycles. The fourth-order valence-electron chi connectivity index (χ4n) is 2.91. The van der Waals surface area contributed by atoms with Crippen LogP contribution >= 0.6 is 11.8 Å². The molecule has 1 aromatic carbocycles. The molecule has 3 rings (SSSR count). The van der Waals surface area contributed by atoms with Crippen molar-refractivity contribution < 1.29 is 0 Å². The standard InChI is InChI=1S/C14H20N2S/c15-8-11-5-6-16(9-11)10-13-7-12-3-1-2-4-14(12)17-13/h1-4,11,13H,5-10,15H2. The van der Waals surface area contributed by atoms with Gasteiger partial charge in [0.1, 0.15) is 0 Å². The number of hydrogen-bond acceptors (Lipinski definition) is 3. The van der Waals surface area contributed by atoms with Gasteiger partial charge in [0.05, 0.1) is 0 Å². The van der Waals surface area contributed by atoms with Crippen LogP contribution in [0, 0.1) is 5.92 Å². The molecule has 92 valence electrons. The molecule has 0 amide bonds. The Balaban J connectivity index is 1.56. The van der Waals surface area contributed by atoms with E-state index < -0.39 is 0 Å². The van der Waals surface area contributed by atoms with Gasteiger partial charge in [0.2, 0.25) is 0 Å². The summed E-state index contributed by atoms with van der Waals surface area (Å²) in [6.45, 7) is 4.55. The second-order valence-electron chi connectivity index (χ2n) is 5.20. The Morgan fingerprint density at radius 3 is 3.00 bits per heavy atom. The molecule has 0 aromatic heterocycles. The summed E-state index contributed by atoms with van der Waals surface area (Å²) in [6, 6.07) is 8.83.